The van der Waals surface area contributed by atoms with E-state index in [-0.39, 0.29) is 25.7 Å². The van der Waals surface area contributed by atoms with Crippen molar-refractivity contribution in [2.75, 3.05) is 39.6 Å². The molecular weight excluding hydrogens is 1330 g/mol. The highest BCUT2D eigenvalue weighted by molar-refractivity contribution is 7.47. The standard InChI is InChI=1S/C83H152O17P2/c1-5-9-13-17-21-25-29-33-36-38-41-45-49-53-57-61-65-69-82(87)99-78(73-93-80(85)67-63-59-55-51-47-43-32-28-24-20-16-12-8-4)75-97-101(89,90)95-71-77(84)72-96-102(91,92)98-76-79(74-94-81(86)68-64-60-56-52-48-44-40-35-31-27-23-19-15-11-7-3)100-83(88)70-66-62-58-54-50-46-42-39-37-34-30-26-22-18-14-10-6-2/h21,25,33,35-36,40-41,45,53,57,77-79,84H,5-20,22-24,26-32,34,37-39,42-44,46-52,54-56,58-76H2,1-4H3,(H,89,90)(H,91,92)/b25-21-,36-33-,40-35-,45-41-,57-53-/t77-,78+,79+/m0/s1. The summed E-state index contributed by atoms with van der Waals surface area (Å²) >= 11 is 0. The zero-order valence-electron chi connectivity index (χ0n) is 65.3. The fourth-order valence-corrected chi connectivity index (χ4v) is 13.2. The van der Waals surface area contributed by atoms with Crippen molar-refractivity contribution >= 4 is 39.5 Å². The van der Waals surface area contributed by atoms with Crippen molar-refractivity contribution in [3.63, 3.8) is 0 Å². The zero-order valence-corrected chi connectivity index (χ0v) is 67.1. The van der Waals surface area contributed by atoms with Crippen molar-refractivity contribution < 1.29 is 80.2 Å². The van der Waals surface area contributed by atoms with Gasteiger partial charge in [0.05, 0.1) is 26.4 Å². The highest BCUT2D eigenvalue weighted by atomic mass is 31.2. The third kappa shape index (κ3) is 75.0. The number of esters is 4. The minimum atomic E-state index is -4.98. The Bertz CT molecular complexity index is 2170. The van der Waals surface area contributed by atoms with Crippen molar-refractivity contribution in [2.45, 2.75) is 406 Å². The van der Waals surface area contributed by atoms with Crippen molar-refractivity contribution in [1.82, 2.24) is 0 Å². The number of rotatable bonds is 79. The van der Waals surface area contributed by atoms with Crippen LogP contribution in [0.2, 0.25) is 0 Å². The summed E-state index contributed by atoms with van der Waals surface area (Å²) < 4.78 is 68.6. The van der Waals surface area contributed by atoms with Gasteiger partial charge in [-0.3, -0.25) is 37.3 Å². The molecule has 0 rings (SSSR count). The van der Waals surface area contributed by atoms with E-state index in [1.807, 2.05) is 12.2 Å². The Morgan fingerprint density at radius 3 is 0.804 bits per heavy atom. The zero-order chi connectivity index (χ0) is 74.6. The highest BCUT2D eigenvalue weighted by Crippen LogP contribution is 2.45. The Balaban J connectivity index is 5.37. The lowest BCUT2D eigenvalue weighted by molar-refractivity contribution is -0.161. The van der Waals surface area contributed by atoms with Crippen LogP contribution in [0.5, 0.6) is 0 Å². The lowest BCUT2D eigenvalue weighted by Crippen LogP contribution is -2.30. The van der Waals surface area contributed by atoms with Crippen LogP contribution in [0.3, 0.4) is 0 Å². The quantitative estimate of drug-likeness (QED) is 0.0169. The van der Waals surface area contributed by atoms with E-state index in [1.54, 1.807) is 0 Å². The van der Waals surface area contributed by atoms with Crippen molar-refractivity contribution in [1.29, 1.82) is 0 Å². The van der Waals surface area contributed by atoms with Gasteiger partial charge in [0.25, 0.3) is 0 Å². The first-order chi connectivity index (χ1) is 49.7. The van der Waals surface area contributed by atoms with Gasteiger partial charge in [-0.2, -0.15) is 0 Å². The topological polar surface area (TPSA) is 237 Å². The van der Waals surface area contributed by atoms with Crippen molar-refractivity contribution in [2.24, 2.45) is 0 Å². The first-order valence-corrected chi connectivity index (χ1v) is 44.5. The first kappa shape index (κ1) is 98.8. The van der Waals surface area contributed by atoms with Crippen molar-refractivity contribution in [3.05, 3.63) is 60.8 Å². The number of phosphoric acid groups is 2. The molecule has 0 heterocycles. The average Bonchev–Trinajstić information content (AvgIpc) is 1.01. The third-order valence-corrected chi connectivity index (χ3v) is 19.9. The van der Waals surface area contributed by atoms with E-state index in [1.165, 1.54) is 193 Å². The number of ether oxygens (including phenoxy) is 4. The van der Waals surface area contributed by atoms with Gasteiger partial charge in [0.15, 0.2) is 12.2 Å². The number of phosphoric ester groups is 2. The molecule has 0 radical (unpaired) electrons. The van der Waals surface area contributed by atoms with E-state index in [0.717, 1.165) is 109 Å². The molecule has 0 spiro atoms. The molecule has 0 aromatic heterocycles. The van der Waals surface area contributed by atoms with Crippen LogP contribution in [0.15, 0.2) is 60.8 Å². The summed E-state index contributed by atoms with van der Waals surface area (Å²) in [7, 11) is -9.96. The van der Waals surface area contributed by atoms with Gasteiger partial charge in [-0.15, -0.1) is 0 Å². The Morgan fingerprint density at radius 1 is 0.275 bits per heavy atom. The summed E-state index contributed by atoms with van der Waals surface area (Å²) in [6.07, 6.45) is 76.2. The third-order valence-electron chi connectivity index (χ3n) is 18.0. The number of carbonyl (C=O) groups is 4. The van der Waals surface area contributed by atoms with E-state index in [9.17, 15) is 43.2 Å². The van der Waals surface area contributed by atoms with Crippen LogP contribution < -0.4 is 0 Å². The molecule has 0 saturated carbocycles. The predicted octanol–water partition coefficient (Wildman–Crippen LogP) is 24.2. The molecule has 0 fully saturated rings. The summed E-state index contributed by atoms with van der Waals surface area (Å²) in [5, 5.41) is 10.6. The van der Waals surface area contributed by atoms with Gasteiger partial charge in [-0.1, -0.05) is 332 Å². The maximum atomic E-state index is 13.1. The number of allylic oxidation sites excluding steroid dienone is 10. The minimum absolute atomic E-state index is 0.0243. The summed E-state index contributed by atoms with van der Waals surface area (Å²) in [4.78, 5) is 73.0. The van der Waals surface area contributed by atoms with Gasteiger partial charge in [0, 0.05) is 25.7 Å². The Morgan fingerprint density at radius 2 is 0.490 bits per heavy atom. The Hall–Kier alpha value is -3.24. The lowest BCUT2D eigenvalue weighted by atomic mass is 10.0. The van der Waals surface area contributed by atoms with Crippen LogP contribution >= 0.6 is 15.6 Å². The van der Waals surface area contributed by atoms with Crippen LogP contribution in [-0.4, -0.2) is 96.7 Å². The Labute approximate surface area is 622 Å². The van der Waals surface area contributed by atoms with E-state index in [4.69, 9.17) is 37.0 Å². The predicted molar refractivity (Wildman–Crippen MR) is 418 cm³/mol. The van der Waals surface area contributed by atoms with Gasteiger partial charge in [-0.25, -0.2) is 9.13 Å². The molecule has 0 bridgehead atoms. The molecule has 0 aliphatic rings. The maximum Gasteiger partial charge on any atom is 0.472 e. The molecule has 0 aliphatic carbocycles. The lowest BCUT2D eigenvalue weighted by Gasteiger charge is -2.21. The van der Waals surface area contributed by atoms with E-state index < -0.39 is 97.5 Å². The molecular formula is C83H152O17P2. The van der Waals surface area contributed by atoms with E-state index in [0.29, 0.717) is 32.1 Å². The molecule has 3 N–H and O–H groups in total. The van der Waals surface area contributed by atoms with Crippen LogP contribution in [-0.2, 0) is 65.4 Å². The van der Waals surface area contributed by atoms with Crippen molar-refractivity contribution in [3.8, 4) is 0 Å². The van der Waals surface area contributed by atoms with Gasteiger partial charge in [0.1, 0.15) is 19.3 Å². The number of aliphatic hydroxyl groups is 1. The smallest absolute Gasteiger partial charge is 0.462 e. The van der Waals surface area contributed by atoms with Gasteiger partial charge < -0.3 is 33.8 Å². The average molecular weight is 1480 g/mol. The second-order valence-electron chi connectivity index (χ2n) is 28.1. The summed E-state index contributed by atoms with van der Waals surface area (Å²) in [5.74, 6) is -2.21. The fraction of sp³-hybridized carbons (Fsp3) is 0.831. The first-order valence-electron chi connectivity index (χ1n) is 41.5. The van der Waals surface area contributed by atoms with Gasteiger partial charge in [0.2, 0.25) is 0 Å². The number of carbonyl (C=O) groups excluding carboxylic acids is 4. The van der Waals surface area contributed by atoms with Gasteiger partial charge >= 0.3 is 39.5 Å². The summed E-state index contributed by atoms with van der Waals surface area (Å²) in [5.41, 5.74) is 0. The molecule has 0 amide bonds. The van der Waals surface area contributed by atoms with Crippen LogP contribution in [0.4, 0.5) is 0 Å². The monoisotopic (exact) mass is 1480 g/mol. The molecule has 19 heteroatoms. The number of hydrogen-bond donors (Lipinski definition) is 3. The molecule has 102 heavy (non-hydrogen) atoms. The second kappa shape index (κ2) is 76.0. The summed E-state index contributed by atoms with van der Waals surface area (Å²) in [6.45, 7) is 4.86. The van der Waals surface area contributed by atoms with Crippen LogP contribution in [0, 0.1) is 0 Å². The maximum absolute atomic E-state index is 13.1. The summed E-state index contributed by atoms with van der Waals surface area (Å²) in [6, 6.07) is 0. The molecule has 0 aromatic carbocycles. The minimum Gasteiger partial charge on any atom is -0.462 e. The molecule has 2 unspecified atom stereocenters. The fourth-order valence-electron chi connectivity index (χ4n) is 11.6. The highest BCUT2D eigenvalue weighted by Gasteiger charge is 2.30. The Kier molecular flexibility index (Phi) is 73.6. The van der Waals surface area contributed by atoms with Crippen LogP contribution in [0.25, 0.3) is 0 Å². The molecule has 0 saturated heterocycles. The van der Waals surface area contributed by atoms with Gasteiger partial charge in [-0.05, 0) is 89.9 Å². The number of aliphatic hydroxyl groups excluding tert-OH is 1. The molecule has 596 valence electrons. The number of hydrogen-bond acceptors (Lipinski definition) is 15. The normalized spacial score (nSPS) is 14.1. The molecule has 0 aliphatic heterocycles. The molecule has 5 atom stereocenters. The van der Waals surface area contributed by atoms with Crippen LogP contribution in [0.1, 0.15) is 387 Å². The molecule has 0 aromatic rings. The SMILES string of the molecule is CCCCC/C=C\C/C=C\C/C=C\C/C=C\CCCC(=O)O[C@H](COC(=O)CCCCCCCCCCCCCCC)COP(=O)(O)OC[C@H](O)COP(=O)(O)OC[C@@H](COC(=O)CCCCCCC/C=C\CCCCCCCC)OC(=O)CCCCCCCCCCCCCCCCCCC. The largest absolute Gasteiger partial charge is 0.472 e. The second-order valence-corrected chi connectivity index (χ2v) is 31.0. The van der Waals surface area contributed by atoms with E-state index >= 15 is 0 Å². The van der Waals surface area contributed by atoms with E-state index in [2.05, 4.69) is 76.3 Å². The number of unbranched alkanes of at least 4 members (excludes halogenated alkanes) is 43. The molecule has 17 nitrogen and oxygen atoms in total.